The van der Waals surface area contributed by atoms with Gasteiger partial charge >= 0.3 is 6.16 Å². The summed E-state index contributed by atoms with van der Waals surface area (Å²) in [6.07, 6.45) is 3.47. The molecule has 1 saturated heterocycles. The van der Waals surface area contributed by atoms with Gasteiger partial charge in [0.05, 0.1) is 12.3 Å². The van der Waals surface area contributed by atoms with Crippen LogP contribution < -0.4 is 5.73 Å². The van der Waals surface area contributed by atoms with Crippen LogP contribution >= 0.6 is 0 Å². The summed E-state index contributed by atoms with van der Waals surface area (Å²) in [6, 6.07) is 5.80. The molecule has 4 rings (SSSR count). The third-order valence-corrected chi connectivity index (χ3v) is 4.78. The van der Waals surface area contributed by atoms with E-state index in [9.17, 15) is 10.1 Å². The molecular formula is C17H19N5O4. The van der Waals surface area contributed by atoms with Gasteiger partial charge in [0.15, 0.2) is 11.4 Å². The van der Waals surface area contributed by atoms with Crippen molar-refractivity contribution in [3.05, 3.63) is 24.2 Å². The molecule has 26 heavy (non-hydrogen) atoms. The summed E-state index contributed by atoms with van der Waals surface area (Å²) in [5.41, 5.74) is 6.12. The highest BCUT2D eigenvalue weighted by molar-refractivity contribution is 5.65. The third kappa shape index (κ3) is 3.15. The van der Waals surface area contributed by atoms with Crippen LogP contribution in [0.15, 0.2) is 18.5 Å². The molecule has 2 aliphatic rings. The Morgan fingerprint density at radius 1 is 1.42 bits per heavy atom. The van der Waals surface area contributed by atoms with Gasteiger partial charge in [-0.05, 0) is 43.7 Å². The molecule has 2 aromatic rings. The van der Waals surface area contributed by atoms with E-state index in [1.54, 1.807) is 4.52 Å². The predicted molar refractivity (Wildman–Crippen MR) is 88.8 cm³/mol. The number of nitrogen functional groups attached to an aromatic ring is 1. The van der Waals surface area contributed by atoms with Crippen molar-refractivity contribution in [2.45, 2.75) is 37.4 Å². The zero-order valence-corrected chi connectivity index (χ0v) is 14.1. The summed E-state index contributed by atoms with van der Waals surface area (Å²) in [7, 11) is 0. The lowest BCUT2D eigenvalue weighted by molar-refractivity contribution is -0.0554. The normalized spacial score (nSPS) is 25.1. The number of aromatic nitrogens is 3. The molecule has 2 aromatic heterocycles. The zero-order valence-electron chi connectivity index (χ0n) is 14.1. The first-order chi connectivity index (χ1) is 12.6. The minimum Gasteiger partial charge on any atom is -0.434 e. The van der Waals surface area contributed by atoms with Gasteiger partial charge in [0, 0.05) is 0 Å². The minimum atomic E-state index is -1.19. The average Bonchev–Trinajstić information content (AvgIpc) is 3.22. The van der Waals surface area contributed by atoms with E-state index in [-0.39, 0.29) is 12.7 Å². The summed E-state index contributed by atoms with van der Waals surface area (Å²) in [6.45, 7) is 0.211. The van der Waals surface area contributed by atoms with Crippen LogP contribution in [0.25, 0.3) is 5.52 Å². The molecular weight excluding hydrogens is 338 g/mol. The Bertz CT molecular complexity index is 872. The number of nitriles is 1. The maximum atomic E-state index is 11.7. The van der Waals surface area contributed by atoms with Crippen LogP contribution in [-0.4, -0.2) is 39.6 Å². The van der Waals surface area contributed by atoms with Crippen LogP contribution in [0, 0.1) is 17.2 Å². The number of rotatable bonds is 5. The number of nitrogens with two attached hydrogens (primary N) is 1. The van der Waals surface area contributed by atoms with Gasteiger partial charge in [-0.1, -0.05) is 0 Å². The fourth-order valence-electron chi connectivity index (χ4n) is 3.09. The molecule has 2 fully saturated rings. The second-order valence-corrected chi connectivity index (χ2v) is 6.74. The summed E-state index contributed by atoms with van der Waals surface area (Å²) < 4.78 is 17.8. The second-order valence-electron chi connectivity index (χ2n) is 6.74. The minimum absolute atomic E-state index is 0.163. The van der Waals surface area contributed by atoms with Crippen molar-refractivity contribution < 1.29 is 19.0 Å². The number of anilines is 1. The maximum Gasteiger partial charge on any atom is 0.508 e. The van der Waals surface area contributed by atoms with Crippen LogP contribution in [-0.2, 0) is 14.2 Å². The monoisotopic (exact) mass is 357 g/mol. The Kier molecular flexibility index (Phi) is 4.12. The van der Waals surface area contributed by atoms with E-state index in [1.165, 1.54) is 6.33 Å². The molecule has 2 N–H and O–H groups in total. The van der Waals surface area contributed by atoms with E-state index in [0.29, 0.717) is 36.7 Å². The molecule has 1 saturated carbocycles. The quantitative estimate of drug-likeness (QED) is 0.805. The Morgan fingerprint density at radius 2 is 2.27 bits per heavy atom. The molecule has 0 aromatic carbocycles. The molecule has 9 heteroatoms. The Labute approximate surface area is 149 Å². The number of hydrogen-bond donors (Lipinski definition) is 1. The highest BCUT2D eigenvalue weighted by Crippen LogP contribution is 2.40. The lowest BCUT2D eigenvalue weighted by Crippen LogP contribution is -2.33. The lowest BCUT2D eigenvalue weighted by atomic mass is 10.0. The van der Waals surface area contributed by atoms with E-state index in [4.69, 9.17) is 19.9 Å². The number of carbonyl (C=O) groups is 1. The van der Waals surface area contributed by atoms with Crippen LogP contribution in [0.4, 0.5) is 10.6 Å². The Morgan fingerprint density at radius 3 is 3.04 bits per heavy atom. The highest BCUT2D eigenvalue weighted by atomic mass is 16.7. The second kappa shape index (κ2) is 6.46. The van der Waals surface area contributed by atoms with Crippen molar-refractivity contribution in [3.63, 3.8) is 0 Å². The zero-order chi connectivity index (χ0) is 18.1. The van der Waals surface area contributed by atoms with E-state index in [1.807, 2.05) is 12.1 Å². The van der Waals surface area contributed by atoms with Crippen LogP contribution in [0.1, 0.15) is 37.5 Å². The van der Waals surface area contributed by atoms with E-state index in [2.05, 4.69) is 16.2 Å². The summed E-state index contributed by atoms with van der Waals surface area (Å²) in [4.78, 5) is 15.6. The van der Waals surface area contributed by atoms with Crippen molar-refractivity contribution in [2.75, 3.05) is 18.9 Å². The van der Waals surface area contributed by atoms with Crippen molar-refractivity contribution in [1.29, 1.82) is 5.26 Å². The Hall–Kier alpha value is -2.86. The van der Waals surface area contributed by atoms with Gasteiger partial charge in [0.25, 0.3) is 0 Å². The van der Waals surface area contributed by atoms with Gasteiger partial charge in [-0.15, -0.1) is 0 Å². The van der Waals surface area contributed by atoms with Crippen molar-refractivity contribution >= 4 is 17.5 Å². The maximum absolute atomic E-state index is 11.7. The number of nitrogens with zero attached hydrogens (tertiary/aromatic N) is 4. The summed E-state index contributed by atoms with van der Waals surface area (Å²) in [5, 5.41) is 13.8. The van der Waals surface area contributed by atoms with Gasteiger partial charge < -0.3 is 19.9 Å². The molecule has 0 amide bonds. The van der Waals surface area contributed by atoms with Gasteiger partial charge in [0.2, 0.25) is 0 Å². The molecule has 1 aliphatic heterocycles. The van der Waals surface area contributed by atoms with Gasteiger partial charge in [-0.3, -0.25) is 0 Å². The van der Waals surface area contributed by atoms with Crippen LogP contribution in [0.5, 0.6) is 0 Å². The van der Waals surface area contributed by atoms with Gasteiger partial charge in [0.1, 0.15) is 30.6 Å². The molecule has 2 atom stereocenters. The highest BCUT2D eigenvalue weighted by Gasteiger charge is 2.43. The lowest BCUT2D eigenvalue weighted by Gasteiger charge is -2.21. The first kappa shape index (κ1) is 16.6. The number of ether oxygens (including phenoxy) is 3. The molecule has 0 radical (unpaired) electrons. The molecule has 0 bridgehead atoms. The standard InChI is InChI=1S/C17H19N5O4/c18-8-17(9-25-16(23)24-7-11-1-2-11)6-5-14(26-17)12-3-4-13-15(19)20-10-21-22(12)13/h3-4,10-11,14H,1-2,5-7,9H2,(H2,19,20,21)/t14?,17-/m1/s1. The topological polar surface area (TPSA) is 125 Å². The largest absolute Gasteiger partial charge is 0.508 e. The molecule has 136 valence electrons. The summed E-state index contributed by atoms with van der Waals surface area (Å²) >= 11 is 0. The average molecular weight is 357 g/mol. The molecule has 0 spiro atoms. The smallest absolute Gasteiger partial charge is 0.434 e. The fraction of sp³-hybridized carbons (Fsp3) is 0.529. The van der Waals surface area contributed by atoms with E-state index < -0.39 is 11.8 Å². The van der Waals surface area contributed by atoms with Gasteiger partial charge in [-0.25, -0.2) is 14.3 Å². The number of hydrogen-bond acceptors (Lipinski definition) is 8. The Balaban J connectivity index is 1.42. The summed E-state index contributed by atoms with van der Waals surface area (Å²) in [5.74, 6) is 0.828. The van der Waals surface area contributed by atoms with Crippen molar-refractivity contribution in [3.8, 4) is 6.07 Å². The first-order valence-electron chi connectivity index (χ1n) is 8.57. The van der Waals surface area contributed by atoms with Crippen LogP contribution in [0.3, 0.4) is 0 Å². The number of carbonyl (C=O) groups excluding carboxylic acids is 1. The predicted octanol–water partition coefficient (Wildman–Crippen LogP) is 1.99. The molecule has 1 aliphatic carbocycles. The van der Waals surface area contributed by atoms with Crippen LogP contribution in [0.2, 0.25) is 0 Å². The molecule has 3 heterocycles. The van der Waals surface area contributed by atoms with E-state index >= 15 is 0 Å². The van der Waals surface area contributed by atoms with Gasteiger partial charge in [-0.2, -0.15) is 10.4 Å². The fourth-order valence-corrected chi connectivity index (χ4v) is 3.09. The molecule has 1 unspecified atom stereocenters. The van der Waals surface area contributed by atoms with Crippen molar-refractivity contribution in [2.24, 2.45) is 5.92 Å². The van der Waals surface area contributed by atoms with Crippen molar-refractivity contribution in [1.82, 2.24) is 14.6 Å². The first-order valence-corrected chi connectivity index (χ1v) is 8.57. The third-order valence-electron chi connectivity index (χ3n) is 4.78. The number of fused-ring (bicyclic) bond motifs is 1. The molecule has 9 nitrogen and oxygen atoms in total. The SMILES string of the molecule is N#C[C@@]1(COC(=O)OCC2CC2)CCC(c2ccc3c(N)ncnn23)O1. The van der Waals surface area contributed by atoms with E-state index in [0.717, 1.165) is 18.5 Å².